The molecule has 0 saturated carbocycles. The van der Waals surface area contributed by atoms with Crippen LogP contribution in [0.4, 0.5) is 37.7 Å². The van der Waals surface area contributed by atoms with Crippen LogP contribution in [0.15, 0.2) is 12.1 Å². The van der Waals surface area contributed by atoms with E-state index in [2.05, 4.69) is 0 Å². The highest BCUT2D eigenvalue weighted by Crippen LogP contribution is 2.49. The average molecular weight is 274 g/mol. The van der Waals surface area contributed by atoms with Gasteiger partial charge in [-0.25, -0.2) is 4.39 Å². The summed E-state index contributed by atoms with van der Waals surface area (Å²) in [4.78, 5) is 0. The zero-order valence-electron chi connectivity index (χ0n) is 8.60. The summed E-state index contributed by atoms with van der Waals surface area (Å²) < 4.78 is 74.6. The number of halogens is 6. The maximum atomic E-state index is 13.3. The van der Waals surface area contributed by atoms with Crippen molar-refractivity contribution in [2.75, 3.05) is 11.5 Å². The van der Waals surface area contributed by atoms with E-state index in [1.807, 2.05) is 0 Å². The number of rotatable bonds is 2. The van der Waals surface area contributed by atoms with Crippen molar-refractivity contribution in [2.24, 2.45) is 0 Å². The highest BCUT2D eigenvalue weighted by atomic mass is 19.4. The predicted octanol–water partition coefficient (Wildman–Crippen LogP) is 2.76. The van der Waals surface area contributed by atoms with Crippen molar-refractivity contribution in [3.63, 3.8) is 0 Å². The molecule has 1 rings (SSSR count). The quantitative estimate of drug-likeness (QED) is 0.441. The molecule has 1 atom stereocenters. The van der Waals surface area contributed by atoms with Crippen LogP contribution in [-0.2, 0) is 0 Å². The number of benzene rings is 1. The van der Waals surface area contributed by atoms with Gasteiger partial charge >= 0.3 is 12.1 Å². The van der Waals surface area contributed by atoms with Gasteiger partial charge in [-0.05, 0) is 12.1 Å². The molecule has 9 heteroatoms. The molecule has 0 bridgehead atoms. The number of hydrogen-bond donors (Lipinski definition) is 3. The number of phenolic OH excluding ortho intramolecular Hbond substituents is 1. The largest absolute Gasteiger partial charge is 0.505 e. The zero-order valence-corrected chi connectivity index (χ0v) is 8.60. The number of anilines is 2. The fraction of sp³-hybridized carbons (Fsp3) is 0.333. The molecule has 0 aliphatic heterocycles. The van der Waals surface area contributed by atoms with Crippen LogP contribution in [0.1, 0.15) is 11.7 Å². The van der Waals surface area contributed by atoms with Crippen LogP contribution in [0.3, 0.4) is 0 Å². The lowest BCUT2D eigenvalue weighted by Gasteiger charge is -2.24. The number of nitrogens with two attached hydrogens (primary N) is 2. The van der Waals surface area contributed by atoms with Gasteiger partial charge in [0.15, 0.2) is 0 Å². The van der Waals surface area contributed by atoms with E-state index in [-0.39, 0.29) is 5.69 Å². The minimum Gasteiger partial charge on any atom is -0.505 e. The molecule has 0 aromatic heterocycles. The summed E-state index contributed by atoms with van der Waals surface area (Å²) >= 11 is 0. The Morgan fingerprint density at radius 2 is 1.56 bits per heavy atom. The van der Waals surface area contributed by atoms with Crippen molar-refractivity contribution in [1.82, 2.24) is 0 Å². The Morgan fingerprint density at radius 3 is 2.00 bits per heavy atom. The van der Waals surface area contributed by atoms with Gasteiger partial charge in [-0.3, -0.25) is 0 Å². The molecule has 0 radical (unpaired) electrons. The Hall–Kier alpha value is -1.80. The smallest absolute Gasteiger partial charge is 0.456 e. The molecular formula is C9H8F6N2O. The predicted molar refractivity (Wildman–Crippen MR) is 51.8 cm³/mol. The molecule has 0 fully saturated rings. The Kier molecular flexibility index (Phi) is 3.28. The molecule has 0 aliphatic carbocycles. The van der Waals surface area contributed by atoms with E-state index >= 15 is 0 Å². The standard InChI is InChI=1S/C9H8F6N2O/c10-7(8(11,12)9(13,14)15)3-1-2-4(16)5(17)6(3)18/h1-2,7,18H,16-17H2. The van der Waals surface area contributed by atoms with Gasteiger partial charge in [-0.1, -0.05) is 0 Å². The second-order valence-electron chi connectivity index (χ2n) is 3.49. The highest BCUT2D eigenvalue weighted by molar-refractivity contribution is 5.72. The third kappa shape index (κ3) is 2.12. The van der Waals surface area contributed by atoms with E-state index in [1.165, 1.54) is 0 Å². The van der Waals surface area contributed by atoms with Gasteiger partial charge in [0.2, 0.25) is 6.17 Å². The van der Waals surface area contributed by atoms with Gasteiger partial charge in [-0.2, -0.15) is 22.0 Å². The zero-order chi connectivity index (χ0) is 14.3. The van der Waals surface area contributed by atoms with E-state index in [0.717, 1.165) is 6.07 Å². The molecule has 3 nitrogen and oxygen atoms in total. The Balaban J connectivity index is 3.28. The number of alkyl halides is 6. The van der Waals surface area contributed by atoms with E-state index < -0.39 is 35.3 Å². The fourth-order valence-electron chi connectivity index (χ4n) is 1.18. The van der Waals surface area contributed by atoms with Crippen molar-refractivity contribution in [1.29, 1.82) is 0 Å². The summed E-state index contributed by atoms with van der Waals surface area (Å²) in [6.07, 6.45) is -9.87. The van der Waals surface area contributed by atoms with Gasteiger partial charge in [-0.15, -0.1) is 0 Å². The first-order valence-corrected chi connectivity index (χ1v) is 4.45. The molecule has 0 spiro atoms. The second kappa shape index (κ2) is 4.14. The number of hydrogen-bond acceptors (Lipinski definition) is 3. The number of nitrogen functional groups attached to an aromatic ring is 2. The second-order valence-corrected chi connectivity index (χ2v) is 3.49. The molecule has 0 heterocycles. The van der Waals surface area contributed by atoms with Gasteiger partial charge in [0.25, 0.3) is 0 Å². The van der Waals surface area contributed by atoms with Crippen molar-refractivity contribution < 1.29 is 31.4 Å². The lowest BCUT2D eigenvalue weighted by atomic mass is 10.0. The van der Waals surface area contributed by atoms with Crippen LogP contribution in [0.25, 0.3) is 0 Å². The lowest BCUT2D eigenvalue weighted by Crippen LogP contribution is -2.40. The molecule has 1 aromatic carbocycles. The Labute approximate surface area is 97.0 Å². The molecular weight excluding hydrogens is 266 g/mol. The Bertz CT molecular complexity index is 459. The summed E-state index contributed by atoms with van der Waals surface area (Å²) in [7, 11) is 0. The van der Waals surface area contributed by atoms with Crippen LogP contribution in [-0.4, -0.2) is 17.2 Å². The third-order valence-electron chi connectivity index (χ3n) is 2.25. The van der Waals surface area contributed by atoms with Crippen LogP contribution in [0.5, 0.6) is 5.75 Å². The topological polar surface area (TPSA) is 72.3 Å². The monoisotopic (exact) mass is 274 g/mol. The number of aromatic hydroxyl groups is 1. The van der Waals surface area contributed by atoms with E-state index in [1.54, 1.807) is 0 Å². The molecule has 5 N–H and O–H groups in total. The van der Waals surface area contributed by atoms with Crippen LogP contribution in [0.2, 0.25) is 0 Å². The summed E-state index contributed by atoms with van der Waals surface area (Å²) in [5.74, 6) is -6.88. The van der Waals surface area contributed by atoms with Crippen molar-refractivity contribution in [3.8, 4) is 5.75 Å². The molecule has 1 aromatic rings. The first-order chi connectivity index (χ1) is 8.00. The summed E-state index contributed by atoms with van der Waals surface area (Å²) in [6.45, 7) is 0. The van der Waals surface area contributed by atoms with Gasteiger partial charge in [0.05, 0.1) is 11.4 Å². The summed E-state index contributed by atoms with van der Waals surface area (Å²) in [6, 6.07) is 1.34. The first-order valence-electron chi connectivity index (χ1n) is 4.45. The Morgan fingerprint density at radius 1 is 1.06 bits per heavy atom. The van der Waals surface area contributed by atoms with E-state index in [9.17, 15) is 31.4 Å². The van der Waals surface area contributed by atoms with Crippen LogP contribution < -0.4 is 11.5 Å². The maximum absolute atomic E-state index is 13.3. The fourth-order valence-corrected chi connectivity index (χ4v) is 1.18. The normalized spacial score (nSPS) is 14.6. The molecule has 0 amide bonds. The molecule has 18 heavy (non-hydrogen) atoms. The van der Waals surface area contributed by atoms with Gasteiger partial charge < -0.3 is 16.6 Å². The minimum absolute atomic E-state index is 0.265. The average Bonchev–Trinajstić information content (AvgIpc) is 2.24. The van der Waals surface area contributed by atoms with Gasteiger partial charge in [0, 0.05) is 5.56 Å². The van der Waals surface area contributed by atoms with E-state index in [0.29, 0.717) is 6.07 Å². The van der Waals surface area contributed by atoms with Gasteiger partial charge in [0.1, 0.15) is 5.75 Å². The minimum atomic E-state index is -6.09. The van der Waals surface area contributed by atoms with Crippen molar-refractivity contribution in [3.05, 3.63) is 17.7 Å². The van der Waals surface area contributed by atoms with Crippen LogP contribution in [0, 0.1) is 0 Å². The molecule has 0 saturated heterocycles. The third-order valence-corrected chi connectivity index (χ3v) is 2.25. The molecule has 102 valence electrons. The van der Waals surface area contributed by atoms with E-state index in [4.69, 9.17) is 11.5 Å². The maximum Gasteiger partial charge on any atom is 0.456 e. The lowest BCUT2D eigenvalue weighted by molar-refractivity contribution is -0.305. The van der Waals surface area contributed by atoms with Crippen LogP contribution >= 0.6 is 0 Å². The first kappa shape index (κ1) is 14.3. The summed E-state index contributed by atoms with van der Waals surface area (Å²) in [5.41, 5.74) is 8.07. The van der Waals surface area contributed by atoms with Crippen molar-refractivity contribution in [2.45, 2.75) is 18.3 Å². The SMILES string of the molecule is Nc1ccc(C(F)C(F)(F)C(F)(F)F)c(O)c1N. The summed E-state index contributed by atoms with van der Waals surface area (Å²) in [5, 5.41) is 9.23. The number of phenols is 1. The molecule has 1 unspecified atom stereocenters. The molecule has 0 aliphatic rings. The highest BCUT2D eigenvalue weighted by Gasteiger charge is 2.64. The van der Waals surface area contributed by atoms with Crippen molar-refractivity contribution >= 4 is 11.4 Å².